The maximum absolute atomic E-state index is 11.2. The summed E-state index contributed by atoms with van der Waals surface area (Å²) in [5.74, 6) is 0. The Labute approximate surface area is 178 Å². The van der Waals surface area contributed by atoms with Gasteiger partial charge in [0.15, 0.2) is 0 Å². The summed E-state index contributed by atoms with van der Waals surface area (Å²) in [6, 6.07) is 9.92. The van der Waals surface area contributed by atoms with Crippen LogP contribution in [0.15, 0.2) is 40.1 Å². The van der Waals surface area contributed by atoms with E-state index < -0.39 is 0 Å². The lowest BCUT2D eigenvalue weighted by molar-refractivity contribution is 0.269. The number of benzene rings is 2. The van der Waals surface area contributed by atoms with Gasteiger partial charge in [-0.2, -0.15) is 0 Å². The summed E-state index contributed by atoms with van der Waals surface area (Å²) in [5, 5.41) is 3.60. The van der Waals surface area contributed by atoms with Crippen LogP contribution in [0.2, 0.25) is 0 Å². The number of carbonyl (C=O) groups excluding carboxylic acids is 1. The van der Waals surface area contributed by atoms with Gasteiger partial charge in [0.1, 0.15) is 5.01 Å². The molecule has 0 saturated heterocycles. The van der Waals surface area contributed by atoms with Crippen molar-refractivity contribution in [3.05, 3.63) is 35.9 Å². The molecule has 0 aliphatic heterocycles. The van der Waals surface area contributed by atoms with Crippen LogP contribution in [0.3, 0.4) is 0 Å². The minimum atomic E-state index is -0.216. The van der Waals surface area contributed by atoms with Crippen molar-refractivity contribution >= 4 is 67.4 Å². The predicted octanol–water partition coefficient (Wildman–Crippen LogP) is 7.45. The summed E-state index contributed by atoms with van der Waals surface area (Å²) in [5.41, 5.74) is 3.51. The smallest absolute Gasteiger partial charge is 0.239 e. The van der Waals surface area contributed by atoms with Crippen molar-refractivity contribution in [1.82, 2.24) is 4.98 Å². The van der Waals surface area contributed by atoms with Crippen LogP contribution in [0.4, 0.5) is 10.5 Å². The zero-order valence-corrected chi connectivity index (χ0v) is 19.5. The molecule has 1 unspecified atom stereocenters. The van der Waals surface area contributed by atoms with Gasteiger partial charge in [0, 0.05) is 15.4 Å². The molecule has 1 N–H and O–H groups in total. The molecule has 1 heterocycles. The normalized spacial score (nSPS) is 10.4. The van der Waals surface area contributed by atoms with Crippen molar-refractivity contribution in [2.45, 2.75) is 49.8 Å². The number of aromatic nitrogens is 1. The summed E-state index contributed by atoms with van der Waals surface area (Å²) in [6.07, 6.45) is 4.08. The Morgan fingerprint density at radius 1 is 1.15 bits per heavy atom. The molecule has 1 amide bonds. The molecule has 0 fully saturated rings. The number of amides is 1. The minimum absolute atomic E-state index is 0.216. The quantitative estimate of drug-likeness (QED) is 0.294. The van der Waals surface area contributed by atoms with E-state index in [1.807, 2.05) is 18.2 Å². The molecule has 2 aromatic carbocycles. The number of anilines is 1. The summed E-state index contributed by atoms with van der Waals surface area (Å²) < 4.78 is 1.14. The fourth-order valence-corrected chi connectivity index (χ4v) is 4.36. The molecular weight excluding hydrogens is 411 g/mol. The first-order chi connectivity index (χ1) is 12.9. The summed E-state index contributed by atoms with van der Waals surface area (Å²) in [7, 11) is 2.08. The maximum atomic E-state index is 11.2. The van der Waals surface area contributed by atoms with Gasteiger partial charge in [-0.15, -0.1) is 36.6 Å². The molecule has 0 aliphatic rings. The van der Waals surface area contributed by atoms with Crippen LogP contribution in [-0.4, -0.2) is 10.6 Å². The van der Waals surface area contributed by atoms with Crippen molar-refractivity contribution in [2.75, 3.05) is 5.32 Å². The zero-order valence-electron chi connectivity index (χ0n) is 15.7. The number of unbranched alkanes of at least 4 members (excludes halogenated alkanes) is 2. The van der Waals surface area contributed by atoms with Crippen molar-refractivity contribution < 1.29 is 4.79 Å². The highest BCUT2D eigenvalue weighted by molar-refractivity contribution is 7.83. The fraction of sp³-hybridized carbons (Fsp3) is 0.300. The lowest BCUT2D eigenvalue weighted by Crippen LogP contribution is -2.01. The monoisotopic (exact) mass is 436 g/mol. The van der Waals surface area contributed by atoms with E-state index in [0.29, 0.717) is 15.5 Å². The number of rotatable bonds is 4. The number of carbonyl (C=O) groups is 1. The maximum Gasteiger partial charge on any atom is 0.239 e. The van der Waals surface area contributed by atoms with Gasteiger partial charge in [0.25, 0.3) is 0 Å². The Hall–Kier alpha value is -1.07. The number of thiazole rings is 1. The third-order valence-corrected chi connectivity index (χ3v) is 6.19. The van der Waals surface area contributed by atoms with Gasteiger partial charge in [-0.05, 0) is 46.0 Å². The van der Waals surface area contributed by atoms with Gasteiger partial charge in [-0.25, -0.2) is 4.98 Å². The molecule has 0 spiro atoms. The Balaban J connectivity index is 0.000000465. The number of hydrogen-bond donors (Lipinski definition) is 3. The van der Waals surface area contributed by atoms with Gasteiger partial charge in [0.05, 0.1) is 15.9 Å². The Bertz CT molecular complexity index is 938. The fourth-order valence-electron chi connectivity index (χ4n) is 2.49. The molecule has 3 rings (SSSR count). The van der Waals surface area contributed by atoms with E-state index in [-0.39, 0.29) is 5.65 Å². The Kier molecular flexibility index (Phi) is 8.62. The molecule has 1 atom stereocenters. The van der Waals surface area contributed by atoms with E-state index >= 15 is 0 Å². The van der Waals surface area contributed by atoms with E-state index in [9.17, 15) is 4.79 Å². The summed E-state index contributed by atoms with van der Waals surface area (Å²) in [6.45, 7) is 6.49. The van der Waals surface area contributed by atoms with Crippen LogP contribution in [0.5, 0.6) is 0 Å². The van der Waals surface area contributed by atoms with E-state index in [1.54, 1.807) is 11.3 Å². The molecule has 0 saturated carbocycles. The van der Waals surface area contributed by atoms with Crippen LogP contribution in [-0.2, 0) is 0 Å². The second kappa shape index (κ2) is 10.5. The number of fused-ring (bicyclic) bond motifs is 1. The van der Waals surface area contributed by atoms with Crippen LogP contribution >= 0.6 is 45.8 Å². The first-order valence-corrected chi connectivity index (χ1v) is 11.1. The molecule has 7 heteroatoms. The molecule has 1 aromatic heterocycles. The third kappa shape index (κ3) is 5.95. The molecule has 0 aliphatic carbocycles. The van der Waals surface area contributed by atoms with Crippen LogP contribution in [0.1, 0.15) is 38.7 Å². The van der Waals surface area contributed by atoms with E-state index in [1.165, 1.54) is 24.8 Å². The molecule has 3 nitrogen and oxygen atoms in total. The molecular formula is C20H25N2OPS3. The minimum Gasteiger partial charge on any atom is -0.322 e. The highest BCUT2D eigenvalue weighted by Crippen LogP contribution is 2.39. The summed E-state index contributed by atoms with van der Waals surface area (Å²) in [4.78, 5) is 17.2. The SMILES string of the molecule is CCCCC.Cc1ccc2nc(-c3ccc(NC(=O)P)c(S)c3S)sc2c1. The Morgan fingerprint density at radius 3 is 2.44 bits per heavy atom. The topological polar surface area (TPSA) is 42.0 Å². The third-order valence-electron chi connectivity index (χ3n) is 3.89. The number of hydrogen-bond acceptors (Lipinski definition) is 5. The van der Waals surface area contributed by atoms with Gasteiger partial charge in [-0.1, -0.05) is 39.2 Å². The lowest BCUT2D eigenvalue weighted by Gasteiger charge is -2.10. The van der Waals surface area contributed by atoms with Crippen molar-refractivity contribution in [3.8, 4) is 10.6 Å². The number of aryl methyl sites for hydroxylation is 1. The number of nitrogens with one attached hydrogen (secondary N) is 1. The van der Waals surface area contributed by atoms with Crippen LogP contribution in [0.25, 0.3) is 20.8 Å². The van der Waals surface area contributed by atoms with Crippen molar-refractivity contribution in [2.24, 2.45) is 0 Å². The highest BCUT2D eigenvalue weighted by Gasteiger charge is 2.14. The van der Waals surface area contributed by atoms with E-state index in [4.69, 9.17) is 0 Å². The molecule has 0 radical (unpaired) electrons. The number of nitrogens with zero attached hydrogens (tertiary/aromatic N) is 1. The second-order valence-electron chi connectivity index (χ2n) is 6.19. The van der Waals surface area contributed by atoms with E-state index in [2.05, 4.69) is 77.7 Å². The average Bonchev–Trinajstić information content (AvgIpc) is 3.03. The highest BCUT2D eigenvalue weighted by atomic mass is 32.1. The molecule has 0 bridgehead atoms. The van der Waals surface area contributed by atoms with Gasteiger partial charge in [0.2, 0.25) is 5.65 Å². The summed E-state index contributed by atoms with van der Waals surface area (Å²) >= 11 is 10.6. The lowest BCUT2D eigenvalue weighted by atomic mass is 10.2. The van der Waals surface area contributed by atoms with E-state index in [0.717, 1.165) is 20.8 Å². The molecule has 144 valence electrons. The second-order valence-corrected chi connectivity index (χ2v) is 8.64. The van der Waals surface area contributed by atoms with Crippen LogP contribution in [0, 0.1) is 6.92 Å². The van der Waals surface area contributed by atoms with Crippen LogP contribution < -0.4 is 5.32 Å². The standard InChI is InChI=1S/C15H13N2OPS3.C5H12/c1-7-2-4-9-11(6-7)22-14(16-9)8-3-5-10(17-15(18)19)13(21)12(8)20;1-3-5-4-2/h2-6,20-21H,19H2,1H3,(H,17,18);3-5H2,1-2H3. The molecule has 3 aromatic rings. The zero-order chi connectivity index (χ0) is 20.0. The largest absolute Gasteiger partial charge is 0.322 e. The Morgan fingerprint density at radius 2 is 1.85 bits per heavy atom. The average molecular weight is 437 g/mol. The number of thiol groups is 2. The molecule has 27 heavy (non-hydrogen) atoms. The van der Waals surface area contributed by atoms with Crippen molar-refractivity contribution in [1.29, 1.82) is 0 Å². The first kappa shape index (κ1) is 22.2. The first-order valence-electron chi connectivity index (χ1n) is 8.86. The predicted molar refractivity (Wildman–Crippen MR) is 128 cm³/mol. The van der Waals surface area contributed by atoms with Gasteiger partial charge < -0.3 is 5.32 Å². The van der Waals surface area contributed by atoms with Crippen molar-refractivity contribution in [3.63, 3.8) is 0 Å². The van der Waals surface area contributed by atoms with Gasteiger partial charge in [-0.3, -0.25) is 4.79 Å². The van der Waals surface area contributed by atoms with Gasteiger partial charge >= 0.3 is 0 Å².